The van der Waals surface area contributed by atoms with E-state index in [1.807, 2.05) is 0 Å². The van der Waals surface area contributed by atoms with Crippen LogP contribution >= 0.6 is 0 Å². The standard InChI is InChI=1S/C7H11NO2/c1-6(7(9)10)2-3-8-4-5-8/h1-5H2,(H,9,10)/p-1. The molecule has 3 heteroatoms. The molecule has 0 atom stereocenters. The smallest absolute Gasteiger partial charge is 0.0669 e. The van der Waals surface area contributed by atoms with E-state index >= 15 is 0 Å². The van der Waals surface area contributed by atoms with Gasteiger partial charge >= 0.3 is 0 Å². The predicted molar refractivity (Wildman–Crippen MR) is 35.2 cm³/mol. The van der Waals surface area contributed by atoms with Crippen LogP contribution in [0.1, 0.15) is 6.42 Å². The number of nitrogens with zero attached hydrogens (tertiary/aromatic N) is 1. The molecule has 1 saturated heterocycles. The highest BCUT2D eigenvalue weighted by molar-refractivity contribution is 5.83. The number of carbonyl (C=O) groups is 1. The first kappa shape index (κ1) is 7.28. The monoisotopic (exact) mass is 140 g/mol. The van der Waals surface area contributed by atoms with Crippen molar-refractivity contribution >= 4 is 5.97 Å². The molecule has 0 bridgehead atoms. The third-order valence-corrected chi connectivity index (χ3v) is 1.56. The zero-order chi connectivity index (χ0) is 7.56. The van der Waals surface area contributed by atoms with Gasteiger partial charge in [-0.05, 0) is 12.0 Å². The number of rotatable bonds is 4. The maximum absolute atomic E-state index is 10.1. The second-order valence-electron chi connectivity index (χ2n) is 2.48. The summed E-state index contributed by atoms with van der Waals surface area (Å²) in [6, 6.07) is 0. The SMILES string of the molecule is C=C(CCN1CC1)C(=O)[O-]. The van der Waals surface area contributed by atoms with Crippen LogP contribution in [0.3, 0.4) is 0 Å². The highest BCUT2D eigenvalue weighted by Crippen LogP contribution is 2.06. The average Bonchev–Trinajstić information content (AvgIpc) is 2.64. The summed E-state index contributed by atoms with van der Waals surface area (Å²) in [5.74, 6) is -1.12. The molecule has 1 aliphatic heterocycles. The maximum atomic E-state index is 10.1. The van der Waals surface area contributed by atoms with Crippen molar-refractivity contribution in [3.05, 3.63) is 12.2 Å². The van der Waals surface area contributed by atoms with Crippen molar-refractivity contribution in [3.8, 4) is 0 Å². The Bertz CT molecular complexity index is 161. The van der Waals surface area contributed by atoms with Crippen LogP contribution in [0.2, 0.25) is 0 Å². The molecule has 0 N–H and O–H groups in total. The summed E-state index contributed by atoms with van der Waals surface area (Å²) < 4.78 is 0. The van der Waals surface area contributed by atoms with Gasteiger partial charge in [-0.15, -0.1) is 0 Å². The van der Waals surface area contributed by atoms with E-state index in [9.17, 15) is 9.90 Å². The lowest BCUT2D eigenvalue weighted by Crippen LogP contribution is -2.24. The fourth-order valence-electron chi connectivity index (χ4n) is 0.689. The van der Waals surface area contributed by atoms with E-state index in [4.69, 9.17) is 0 Å². The summed E-state index contributed by atoms with van der Waals surface area (Å²) >= 11 is 0. The molecule has 1 heterocycles. The number of hydrogen-bond acceptors (Lipinski definition) is 3. The van der Waals surface area contributed by atoms with Crippen LogP contribution in [0, 0.1) is 0 Å². The van der Waals surface area contributed by atoms with Crippen LogP contribution in [-0.2, 0) is 4.79 Å². The van der Waals surface area contributed by atoms with E-state index in [0.29, 0.717) is 6.42 Å². The Morgan fingerprint density at radius 1 is 1.60 bits per heavy atom. The van der Waals surface area contributed by atoms with Gasteiger partial charge in [-0.1, -0.05) is 6.58 Å². The van der Waals surface area contributed by atoms with Gasteiger partial charge in [0.2, 0.25) is 0 Å². The van der Waals surface area contributed by atoms with Gasteiger partial charge < -0.3 is 14.8 Å². The molecule has 1 fully saturated rings. The molecule has 0 aliphatic carbocycles. The van der Waals surface area contributed by atoms with Gasteiger partial charge in [0.1, 0.15) is 0 Å². The maximum Gasteiger partial charge on any atom is 0.0669 e. The Labute approximate surface area is 59.9 Å². The topological polar surface area (TPSA) is 43.1 Å². The Morgan fingerprint density at radius 2 is 2.20 bits per heavy atom. The van der Waals surface area contributed by atoms with Crippen molar-refractivity contribution in [3.63, 3.8) is 0 Å². The Morgan fingerprint density at radius 3 is 2.60 bits per heavy atom. The quantitative estimate of drug-likeness (QED) is 0.371. The second kappa shape index (κ2) is 2.84. The lowest BCUT2D eigenvalue weighted by atomic mass is 10.2. The van der Waals surface area contributed by atoms with Crippen molar-refractivity contribution in [2.24, 2.45) is 0 Å². The predicted octanol–water partition coefficient (Wildman–Crippen LogP) is -1.00. The van der Waals surface area contributed by atoms with Gasteiger partial charge in [0, 0.05) is 19.6 Å². The minimum Gasteiger partial charge on any atom is -0.545 e. The molecule has 0 unspecified atom stereocenters. The molecule has 0 saturated carbocycles. The fraction of sp³-hybridized carbons (Fsp3) is 0.571. The molecule has 0 amide bonds. The lowest BCUT2D eigenvalue weighted by Gasteiger charge is -2.05. The number of carboxylic acid groups (broad SMARTS) is 1. The van der Waals surface area contributed by atoms with E-state index < -0.39 is 5.97 Å². The molecule has 10 heavy (non-hydrogen) atoms. The molecule has 0 aromatic carbocycles. The minimum atomic E-state index is -1.12. The Balaban J connectivity index is 2.11. The first-order valence-corrected chi connectivity index (χ1v) is 3.31. The number of hydrogen-bond donors (Lipinski definition) is 0. The van der Waals surface area contributed by atoms with E-state index in [2.05, 4.69) is 11.5 Å². The molecule has 0 spiro atoms. The van der Waals surface area contributed by atoms with Crippen molar-refractivity contribution in [1.82, 2.24) is 4.90 Å². The van der Waals surface area contributed by atoms with E-state index in [0.717, 1.165) is 19.6 Å². The summed E-state index contributed by atoms with van der Waals surface area (Å²) in [6.45, 7) is 6.37. The molecule has 0 aromatic heterocycles. The molecular weight excluding hydrogens is 130 g/mol. The summed E-state index contributed by atoms with van der Waals surface area (Å²) in [5.41, 5.74) is 0.201. The molecule has 3 nitrogen and oxygen atoms in total. The van der Waals surface area contributed by atoms with Gasteiger partial charge in [-0.25, -0.2) is 0 Å². The number of carbonyl (C=O) groups excluding carboxylic acids is 1. The van der Waals surface area contributed by atoms with Crippen LogP contribution in [0.25, 0.3) is 0 Å². The molecular formula is C7H10NO2-. The average molecular weight is 140 g/mol. The molecule has 0 radical (unpaired) electrons. The molecule has 1 rings (SSSR count). The largest absolute Gasteiger partial charge is 0.545 e. The third kappa shape index (κ3) is 2.19. The zero-order valence-electron chi connectivity index (χ0n) is 5.80. The first-order valence-electron chi connectivity index (χ1n) is 3.31. The van der Waals surface area contributed by atoms with Gasteiger partial charge in [0.05, 0.1) is 5.97 Å². The van der Waals surface area contributed by atoms with Crippen molar-refractivity contribution in [2.75, 3.05) is 19.6 Å². The fourth-order valence-corrected chi connectivity index (χ4v) is 0.689. The summed E-state index contributed by atoms with van der Waals surface area (Å²) in [4.78, 5) is 12.2. The van der Waals surface area contributed by atoms with Crippen molar-refractivity contribution in [2.45, 2.75) is 6.42 Å². The van der Waals surface area contributed by atoms with Crippen molar-refractivity contribution < 1.29 is 9.90 Å². The van der Waals surface area contributed by atoms with Gasteiger partial charge in [0.25, 0.3) is 0 Å². The molecule has 1 aliphatic rings. The van der Waals surface area contributed by atoms with Gasteiger partial charge in [-0.3, -0.25) is 0 Å². The first-order chi connectivity index (χ1) is 4.70. The highest BCUT2D eigenvalue weighted by atomic mass is 16.4. The summed E-state index contributed by atoms with van der Waals surface area (Å²) in [6.07, 6.45) is 0.530. The third-order valence-electron chi connectivity index (χ3n) is 1.56. The van der Waals surface area contributed by atoms with Crippen LogP contribution in [0.4, 0.5) is 0 Å². The van der Waals surface area contributed by atoms with E-state index in [1.54, 1.807) is 0 Å². The molecule has 56 valence electrons. The van der Waals surface area contributed by atoms with Crippen LogP contribution in [0.5, 0.6) is 0 Å². The summed E-state index contributed by atoms with van der Waals surface area (Å²) in [5, 5.41) is 10.1. The number of aliphatic carboxylic acids is 1. The van der Waals surface area contributed by atoms with Crippen molar-refractivity contribution in [1.29, 1.82) is 0 Å². The van der Waals surface area contributed by atoms with Crippen LogP contribution in [-0.4, -0.2) is 30.5 Å². The Hall–Kier alpha value is -0.830. The highest BCUT2D eigenvalue weighted by Gasteiger charge is 2.15. The van der Waals surface area contributed by atoms with Crippen LogP contribution in [0.15, 0.2) is 12.2 Å². The van der Waals surface area contributed by atoms with E-state index in [1.165, 1.54) is 0 Å². The normalized spacial score (nSPS) is 16.8. The minimum absolute atomic E-state index is 0.201. The Kier molecular flexibility index (Phi) is 2.06. The van der Waals surface area contributed by atoms with Crippen LogP contribution < -0.4 is 5.11 Å². The van der Waals surface area contributed by atoms with Gasteiger partial charge in [0.15, 0.2) is 0 Å². The van der Waals surface area contributed by atoms with E-state index in [-0.39, 0.29) is 5.57 Å². The van der Waals surface area contributed by atoms with Gasteiger partial charge in [-0.2, -0.15) is 0 Å². The second-order valence-corrected chi connectivity index (χ2v) is 2.48. The zero-order valence-corrected chi connectivity index (χ0v) is 5.80. The molecule has 0 aromatic rings. The number of carboxylic acids is 1. The lowest BCUT2D eigenvalue weighted by molar-refractivity contribution is -0.299. The summed E-state index contributed by atoms with van der Waals surface area (Å²) in [7, 11) is 0.